The molecule has 0 aromatic rings. The standard InChI is InChI=1S/C9H19N3/c1-4-12(5-2)7-9-6-8(3)10-11-9/h9,11H,4-7H2,1-3H3. The topological polar surface area (TPSA) is 27.6 Å². The molecule has 1 heterocycles. The molecule has 0 amide bonds. The van der Waals surface area contributed by atoms with Crippen molar-refractivity contribution in [1.29, 1.82) is 0 Å². The maximum Gasteiger partial charge on any atom is 0.0619 e. The largest absolute Gasteiger partial charge is 0.305 e. The number of hydrogen-bond donors (Lipinski definition) is 1. The van der Waals surface area contributed by atoms with Gasteiger partial charge in [-0.15, -0.1) is 0 Å². The highest BCUT2D eigenvalue weighted by molar-refractivity contribution is 5.83. The summed E-state index contributed by atoms with van der Waals surface area (Å²) >= 11 is 0. The molecular weight excluding hydrogens is 150 g/mol. The zero-order chi connectivity index (χ0) is 8.97. The molecule has 0 fully saturated rings. The molecule has 0 aliphatic carbocycles. The molecule has 0 radical (unpaired) electrons. The highest BCUT2D eigenvalue weighted by atomic mass is 15.3. The van der Waals surface area contributed by atoms with Gasteiger partial charge in [-0.2, -0.15) is 5.10 Å². The van der Waals surface area contributed by atoms with E-state index >= 15 is 0 Å². The van der Waals surface area contributed by atoms with Gasteiger partial charge in [0.1, 0.15) is 0 Å². The summed E-state index contributed by atoms with van der Waals surface area (Å²) < 4.78 is 0. The smallest absolute Gasteiger partial charge is 0.0619 e. The predicted molar refractivity (Wildman–Crippen MR) is 52.4 cm³/mol. The fourth-order valence-electron chi connectivity index (χ4n) is 1.55. The Balaban J connectivity index is 2.24. The van der Waals surface area contributed by atoms with Crippen LogP contribution in [0.25, 0.3) is 0 Å². The van der Waals surface area contributed by atoms with Crippen LogP contribution in [0.2, 0.25) is 0 Å². The van der Waals surface area contributed by atoms with Gasteiger partial charge in [0.25, 0.3) is 0 Å². The van der Waals surface area contributed by atoms with Gasteiger partial charge in [0, 0.05) is 18.7 Å². The van der Waals surface area contributed by atoms with E-state index in [-0.39, 0.29) is 0 Å². The minimum absolute atomic E-state index is 0.546. The molecule has 1 N–H and O–H groups in total. The zero-order valence-electron chi connectivity index (χ0n) is 8.30. The minimum atomic E-state index is 0.546. The lowest BCUT2D eigenvalue weighted by Crippen LogP contribution is -2.36. The third-order valence-corrected chi connectivity index (χ3v) is 2.35. The van der Waals surface area contributed by atoms with Crippen LogP contribution in [-0.4, -0.2) is 36.3 Å². The van der Waals surface area contributed by atoms with Crippen LogP contribution in [0, 0.1) is 0 Å². The summed E-state index contributed by atoms with van der Waals surface area (Å²) in [7, 11) is 0. The molecule has 1 aliphatic heterocycles. The average Bonchev–Trinajstić information content (AvgIpc) is 2.47. The molecule has 1 rings (SSSR count). The molecule has 1 aliphatic rings. The normalized spacial score (nSPS) is 22.7. The van der Waals surface area contributed by atoms with Crippen LogP contribution in [0.3, 0.4) is 0 Å². The molecule has 0 saturated carbocycles. The predicted octanol–water partition coefficient (Wildman–Crippen LogP) is 1.07. The summed E-state index contributed by atoms with van der Waals surface area (Å²) in [5, 5.41) is 4.18. The third kappa shape index (κ3) is 2.48. The fourth-order valence-corrected chi connectivity index (χ4v) is 1.55. The van der Waals surface area contributed by atoms with E-state index in [4.69, 9.17) is 0 Å². The van der Waals surface area contributed by atoms with Gasteiger partial charge in [-0.1, -0.05) is 13.8 Å². The van der Waals surface area contributed by atoms with Gasteiger partial charge < -0.3 is 10.3 Å². The van der Waals surface area contributed by atoms with Crippen LogP contribution in [0.1, 0.15) is 27.2 Å². The molecule has 0 bridgehead atoms. The van der Waals surface area contributed by atoms with Gasteiger partial charge in [-0.05, 0) is 20.0 Å². The number of hydrazone groups is 1. The first-order valence-electron chi connectivity index (χ1n) is 4.77. The highest BCUT2D eigenvalue weighted by Crippen LogP contribution is 2.04. The van der Waals surface area contributed by atoms with Crippen molar-refractivity contribution < 1.29 is 0 Å². The van der Waals surface area contributed by atoms with Crippen molar-refractivity contribution in [1.82, 2.24) is 10.3 Å². The lowest BCUT2D eigenvalue weighted by Gasteiger charge is -2.21. The molecule has 0 aromatic heterocycles. The van der Waals surface area contributed by atoms with Gasteiger partial charge in [-0.3, -0.25) is 0 Å². The second kappa shape index (κ2) is 4.45. The van der Waals surface area contributed by atoms with Crippen LogP contribution in [0.4, 0.5) is 0 Å². The highest BCUT2D eigenvalue weighted by Gasteiger charge is 2.16. The summed E-state index contributed by atoms with van der Waals surface area (Å²) in [5.74, 6) is 0. The second-order valence-electron chi connectivity index (χ2n) is 3.36. The third-order valence-electron chi connectivity index (χ3n) is 2.35. The maximum absolute atomic E-state index is 4.18. The Kier molecular flexibility index (Phi) is 3.53. The summed E-state index contributed by atoms with van der Waals surface area (Å²) in [6.07, 6.45) is 1.11. The molecule has 70 valence electrons. The molecule has 12 heavy (non-hydrogen) atoms. The molecule has 1 atom stereocenters. The van der Waals surface area contributed by atoms with Gasteiger partial charge in [0.2, 0.25) is 0 Å². The van der Waals surface area contributed by atoms with Crippen molar-refractivity contribution in [2.75, 3.05) is 19.6 Å². The van der Waals surface area contributed by atoms with Gasteiger partial charge in [0.15, 0.2) is 0 Å². The number of likely N-dealkylation sites (N-methyl/N-ethyl adjacent to an activating group) is 1. The average molecular weight is 169 g/mol. The van der Waals surface area contributed by atoms with Crippen LogP contribution < -0.4 is 5.43 Å². The van der Waals surface area contributed by atoms with E-state index in [1.165, 1.54) is 5.71 Å². The number of nitrogens with one attached hydrogen (secondary N) is 1. The van der Waals surface area contributed by atoms with Crippen LogP contribution in [0.15, 0.2) is 5.10 Å². The molecule has 3 heteroatoms. The van der Waals surface area contributed by atoms with Crippen molar-refractivity contribution >= 4 is 5.71 Å². The van der Waals surface area contributed by atoms with E-state index < -0.39 is 0 Å². The quantitative estimate of drug-likeness (QED) is 0.681. The van der Waals surface area contributed by atoms with E-state index in [1.807, 2.05) is 0 Å². The van der Waals surface area contributed by atoms with E-state index in [2.05, 4.69) is 36.2 Å². The van der Waals surface area contributed by atoms with E-state index in [1.54, 1.807) is 0 Å². The maximum atomic E-state index is 4.18. The van der Waals surface area contributed by atoms with Crippen LogP contribution >= 0.6 is 0 Å². The Labute approximate surface area is 74.8 Å². The Bertz CT molecular complexity index is 161. The summed E-state index contributed by atoms with van der Waals surface area (Å²) in [6, 6.07) is 0.546. The van der Waals surface area contributed by atoms with Crippen molar-refractivity contribution in [2.24, 2.45) is 5.10 Å². The molecule has 1 unspecified atom stereocenters. The summed E-state index contributed by atoms with van der Waals surface area (Å²) in [5.41, 5.74) is 4.38. The number of nitrogens with zero attached hydrogens (tertiary/aromatic N) is 2. The molecule has 3 nitrogen and oxygen atoms in total. The van der Waals surface area contributed by atoms with Crippen molar-refractivity contribution in [3.05, 3.63) is 0 Å². The first-order chi connectivity index (χ1) is 5.76. The SMILES string of the molecule is CCN(CC)CC1CC(C)=NN1. The second-order valence-corrected chi connectivity index (χ2v) is 3.36. The van der Waals surface area contributed by atoms with Crippen LogP contribution in [0.5, 0.6) is 0 Å². The Hall–Kier alpha value is -0.570. The number of hydrogen-bond acceptors (Lipinski definition) is 3. The monoisotopic (exact) mass is 169 g/mol. The molecule has 0 spiro atoms. The Morgan fingerprint density at radius 1 is 1.50 bits per heavy atom. The Morgan fingerprint density at radius 2 is 2.17 bits per heavy atom. The first kappa shape index (κ1) is 9.52. The lowest BCUT2D eigenvalue weighted by atomic mass is 10.1. The van der Waals surface area contributed by atoms with Crippen molar-refractivity contribution in [3.8, 4) is 0 Å². The molecule has 0 saturated heterocycles. The lowest BCUT2D eigenvalue weighted by molar-refractivity contribution is 0.273. The van der Waals surface area contributed by atoms with Crippen molar-refractivity contribution in [3.63, 3.8) is 0 Å². The van der Waals surface area contributed by atoms with Gasteiger partial charge >= 0.3 is 0 Å². The summed E-state index contributed by atoms with van der Waals surface area (Å²) in [4.78, 5) is 2.42. The number of rotatable bonds is 4. The fraction of sp³-hybridized carbons (Fsp3) is 0.889. The zero-order valence-corrected chi connectivity index (χ0v) is 8.30. The van der Waals surface area contributed by atoms with E-state index in [9.17, 15) is 0 Å². The van der Waals surface area contributed by atoms with Gasteiger partial charge in [0.05, 0.1) is 6.04 Å². The van der Waals surface area contributed by atoms with Crippen molar-refractivity contribution in [2.45, 2.75) is 33.2 Å². The van der Waals surface area contributed by atoms with Gasteiger partial charge in [-0.25, -0.2) is 0 Å². The molecular formula is C9H19N3. The van der Waals surface area contributed by atoms with E-state index in [0.717, 1.165) is 26.1 Å². The molecule has 0 aromatic carbocycles. The van der Waals surface area contributed by atoms with E-state index in [0.29, 0.717) is 6.04 Å². The summed E-state index contributed by atoms with van der Waals surface area (Å²) in [6.45, 7) is 9.86. The Morgan fingerprint density at radius 3 is 2.58 bits per heavy atom. The van der Waals surface area contributed by atoms with Crippen LogP contribution in [-0.2, 0) is 0 Å². The minimum Gasteiger partial charge on any atom is -0.305 e. The first-order valence-corrected chi connectivity index (χ1v) is 4.77.